The minimum Gasteiger partial charge on any atom is -0.353 e. The molecule has 2 saturated heterocycles. The quantitative estimate of drug-likeness (QED) is 0.613. The van der Waals surface area contributed by atoms with Crippen molar-refractivity contribution in [2.45, 2.75) is 19.4 Å². The lowest BCUT2D eigenvalue weighted by Gasteiger charge is -2.44. The Labute approximate surface area is 198 Å². The summed E-state index contributed by atoms with van der Waals surface area (Å²) >= 11 is 6.43. The highest BCUT2D eigenvalue weighted by molar-refractivity contribution is 6.32. The fourth-order valence-corrected chi connectivity index (χ4v) is 4.71. The average Bonchev–Trinajstić information content (AvgIpc) is 3.24. The summed E-state index contributed by atoms with van der Waals surface area (Å²) < 4.78 is 2.04. The minimum atomic E-state index is -0.514. The molecule has 3 aromatic rings. The van der Waals surface area contributed by atoms with Crippen molar-refractivity contribution in [3.05, 3.63) is 47.5 Å². The van der Waals surface area contributed by atoms with Crippen LogP contribution < -0.4 is 15.1 Å². The first-order chi connectivity index (χ1) is 15.9. The van der Waals surface area contributed by atoms with Crippen LogP contribution in [0.25, 0.3) is 5.65 Å². The molecule has 2 fully saturated rings. The number of rotatable bonds is 5. The summed E-state index contributed by atoms with van der Waals surface area (Å²) in [5, 5.41) is 3.85. The van der Waals surface area contributed by atoms with Crippen molar-refractivity contribution in [3.8, 4) is 0 Å². The van der Waals surface area contributed by atoms with E-state index in [4.69, 9.17) is 16.6 Å². The van der Waals surface area contributed by atoms with E-state index in [1.54, 1.807) is 6.20 Å². The standard InChI is InChI=1S/C23H29ClN8O/c1-23(2,18-13-26-19-6-4-5-9-32(18)19)29(3)21(33)16-14-31(15-16)20-17(24)12-27-22(28-20)30-10-7-25-8-11-30/h4-6,9,12-13,16,25H,7-8,10-11,14-15H2,1-3H3. The largest absolute Gasteiger partial charge is 0.353 e. The Morgan fingerprint density at radius 3 is 2.67 bits per heavy atom. The number of nitrogens with one attached hydrogen (secondary N) is 1. The van der Waals surface area contributed by atoms with E-state index >= 15 is 0 Å². The molecule has 2 aliphatic rings. The van der Waals surface area contributed by atoms with E-state index in [1.165, 1.54) is 0 Å². The summed E-state index contributed by atoms with van der Waals surface area (Å²) in [7, 11) is 1.87. The van der Waals surface area contributed by atoms with E-state index in [0.717, 1.165) is 37.5 Å². The topological polar surface area (TPSA) is 81.9 Å². The van der Waals surface area contributed by atoms with E-state index in [1.807, 2.05) is 46.9 Å². The third-order valence-corrected chi connectivity index (χ3v) is 7.12. The van der Waals surface area contributed by atoms with Crippen LogP contribution in [0.1, 0.15) is 19.5 Å². The summed E-state index contributed by atoms with van der Waals surface area (Å²) in [6.07, 6.45) is 5.50. The maximum absolute atomic E-state index is 13.4. The predicted octanol–water partition coefficient (Wildman–Crippen LogP) is 2.02. The number of nitrogens with zero attached hydrogens (tertiary/aromatic N) is 7. The lowest BCUT2D eigenvalue weighted by atomic mass is 9.93. The molecule has 0 aromatic carbocycles. The monoisotopic (exact) mass is 468 g/mol. The molecule has 0 saturated carbocycles. The van der Waals surface area contributed by atoms with Gasteiger partial charge >= 0.3 is 0 Å². The molecular weight excluding hydrogens is 440 g/mol. The van der Waals surface area contributed by atoms with Crippen molar-refractivity contribution in [2.75, 3.05) is 56.1 Å². The summed E-state index contributed by atoms with van der Waals surface area (Å²) in [6, 6.07) is 5.90. The third kappa shape index (κ3) is 3.89. The molecule has 0 atom stereocenters. The highest BCUT2D eigenvalue weighted by Gasteiger charge is 2.41. The molecule has 174 valence electrons. The second kappa shape index (κ2) is 8.46. The Hall–Kier alpha value is -2.91. The molecule has 5 heterocycles. The number of imidazole rings is 1. The van der Waals surface area contributed by atoms with Crippen LogP contribution in [0.2, 0.25) is 5.02 Å². The van der Waals surface area contributed by atoms with Gasteiger partial charge in [0.2, 0.25) is 11.9 Å². The van der Waals surface area contributed by atoms with Gasteiger partial charge < -0.3 is 24.4 Å². The smallest absolute Gasteiger partial charge is 0.229 e. The van der Waals surface area contributed by atoms with Crippen LogP contribution >= 0.6 is 11.6 Å². The van der Waals surface area contributed by atoms with Gasteiger partial charge in [0, 0.05) is 52.5 Å². The Balaban J connectivity index is 1.28. The second-order valence-electron chi connectivity index (χ2n) is 9.21. The van der Waals surface area contributed by atoms with E-state index in [-0.39, 0.29) is 11.8 Å². The molecule has 10 heteroatoms. The van der Waals surface area contributed by atoms with Gasteiger partial charge in [0.15, 0.2) is 5.82 Å². The number of amides is 1. The summed E-state index contributed by atoms with van der Waals surface area (Å²) in [5.74, 6) is 1.39. The van der Waals surface area contributed by atoms with Gasteiger partial charge in [-0.15, -0.1) is 0 Å². The molecule has 33 heavy (non-hydrogen) atoms. The molecule has 2 aliphatic heterocycles. The summed E-state index contributed by atoms with van der Waals surface area (Å²) in [4.78, 5) is 33.1. The lowest BCUT2D eigenvalue weighted by molar-refractivity contribution is -0.140. The van der Waals surface area contributed by atoms with Gasteiger partial charge in [0.1, 0.15) is 10.7 Å². The van der Waals surface area contributed by atoms with Gasteiger partial charge in [0.05, 0.1) is 29.5 Å². The van der Waals surface area contributed by atoms with E-state index in [9.17, 15) is 4.79 Å². The Bertz CT molecular complexity index is 1170. The van der Waals surface area contributed by atoms with Crippen molar-refractivity contribution in [1.29, 1.82) is 0 Å². The first-order valence-electron chi connectivity index (χ1n) is 11.3. The third-order valence-electron chi connectivity index (χ3n) is 6.86. The summed E-state index contributed by atoms with van der Waals surface area (Å²) in [5.41, 5.74) is 1.33. The number of anilines is 2. The van der Waals surface area contributed by atoms with Gasteiger partial charge in [-0.05, 0) is 26.0 Å². The van der Waals surface area contributed by atoms with Crippen molar-refractivity contribution < 1.29 is 4.79 Å². The fourth-order valence-electron chi connectivity index (χ4n) is 4.50. The van der Waals surface area contributed by atoms with Crippen LogP contribution in [0.15, 0.2) is 36.8 Å². The number of carbonyl (C=O) groups is 1. The van der Waals surface area contributed by atoms with Crippen LogP contribution in [-0.2, 0) is 10.3 Å². The molecule has 9 nitrogen and oxygen atoms in total. The highest BCUT2D eigenvalue weighted by atomic mass is 35.5. The van der Waals surface area contributed by atoms with Gasteiger partial charge in [-0.3, -0.25) is 4.79 Å². The Morgan fingerprint density at radius 1 is 1.15 bits per heavy atom. The number of aromatic nitrogens is 4. The van der Waals surface area contributed by atoms with Gasteiger partial charge in [-0.25, -0.2) is 9.97 Å². The zero-order chi connectivity index (χ0) is 23.2. The van der Waals surface area contributed by atoms with Crippen LogP contribution in [0, 0.1) is 5.92 Å². The molecule has 1 amide bonds. The molecule has 0 spiro atoms. The molecule has 5 rings (SSSR count). The van der Waals surface area contributed by atoms with Crippen molar-refractivity contribution in [1.82, 2.24) is 29.6 Å². The zero-order valence-corrected chi connectivity index (χ0v) is 20.0. The number of halogens is 1. The molecule has 3 aromatic heterocycles. The Kier molecular flexibility index (Phi) is 5.62. The number of carbonyl (C=O) groups excluding carboxylic acids is 1. The molecular formula is C23H29ClN8O. The first kappa shape index (κ1) is 21.9. The van der Waals surface area contributed by atoms with E-state index in [0.29, 0.717) is 29.9 Å². The molecule has 1 N–H and O–H groups in total. The minimum absolute atomic E-state index is 0.106. The number of piperazine rings is 1. The predicted molar refractivity (Wildman–Crippen MR) is 129 cm³/mol. The number of pyridine rings is 1. The SMILES string of the molecule is CN(C(=O)C1CN(c2nc(N3CCNCC3)ncc2Cl)C1)C(C)(C)c1cnc2ccccn12. The maximum Gasteiger partial charge on any atom is 0.229 e. The normalized spacial score (nSPS) is 17.3. The van der Waals surface area contributed by atoms with Gasteiger partial charge in [-0.2, -0.15) is 4.98 Å². The zero-order valence-electron chi connectivity index (χ0n) is 19.2. The van der Waals surface area contributed by atoms with Crippen LogP contribution in [0.3, 0.4) is 0 Å². The average molecular weight is 469 g/mol. The maximum atomic E-state index is 13.4. The highest BCUT2D eigenvalue weighted by Crippen LogP contribution is 2.34. The van der Waals surface area contributed by atoms with Gasteiger partial charge in [0.25, 0.3) is 0 Å². The van der Waals surface area contributed by atoms with Crippen LogP contribution in [0.5, 0.6) is 0 Å². The fraction of sp³-hybridized carbons (Fsp3) is 0.478. The van der Waals surface area contributed by atoms with Crippen LogP contribution in [0.4, 0.5) is 11.8 Å². The first-order valence-corrected chi connectivity index (χ1v) is 11.7. The van der Waals surface area contributed by atoms with E-state index < -0.39 is 5.54 Å². The number of fused-ring (bicyclic) bond motifs is 1. The molecule has 0 unspecified atom stereocenters. The van der Waals surface area contributed by atoms with Crippen molar-refractivity contribution in [2.24, 2.45) is 5.92 Å². The summed E-state index contributed by atoms with van der Waals surface area (Å²) in [6.45, 7) is 8.84. The Morgan fingerprint density at radius 2 is 1.91 bits per heavy atom. The van der Waals surface area contributed by atoms with E-state index in [2.05, 4.69) is 38.9 Å². The molecule has 0 radical (unpaired) electrons. The molecule has 0 bridgehead atoms. The molecule has 0 aliphatic carbocycles. The number of hydrogen-bond donors (Lipinski definition) is 1. The number of hydrogen-bond acceptors (Lipinski definition) is 7. The second-order valence-corrected chi connectivity index (χ2v) is 9.62. The van der Waals surface area contributed by atoms with Gasteiger partial charge in [-0.1, -0.05) is 17.7 Å². The lowest BCUT2D eigenvalue weighted by Crippen LogP contribution is -2.57. The van der Waals surface area contributed by atoms with Crippen molar-refractivity contribution in [3.63, 3.8) is 0 Å². The van der Waals surface area contributed by atoms with Crippen LogP contribution in [-0.4, -0.2) is 76.5 Å². The van der Waals surface area contributed by atoms with Crippen molar-refractivity contribution >= 4 is 34.9 Å².